The minimum atomic E-state index is -0.415. The molecule has 3 aromatic rings. The molecular weight excluding hydrogens is 391 g/mol. The highest BCUT2D eigenvalue weighted by Gasteiger charge is 2.15. The Labute approximate surface area is 171 Å². The Balaban J connectivity index is 1.54. The zero-order valence-corrected chi connectivity index (χ0v) is 16.1. The summed E-state index contributed by atoms with van der Waals surface area (Å²) in [7, 11) is 0. The van der Waals surface area contributed by atoms with Crippen molar-refractivity contribution in [1.82, 2.24) is 9.55 Å². The molecule has 0 atom stereocenters. The summed E-state index contributed by atoms with van der Waals surface area (Å²) in [5.41, 5.74) is 1.16. The molecule has 1 aliphatic heterocycles. The van der Waals surface area contributed by atoms with E-state index in [1.165, 1.54) is 34.9 Å². The van der Waals surface area contributed by atoms with Crippen LogP contribution in [0.4, 0.5) is 21.7 Å². The van der Waals surface area contributed by atoms with E-state index in [9.17, 15) is 14.0 Å². The minimum absolute atomic E-state index is 0.184. The van der Waals surface area contributed by atoms with Gasteiger partial charge in [0.2, 0.25) is 11.9 Å². The van der Waals surface area contributed by atoms with Crippen LogP contribution in [-0.4, -0.2) is 28.7 Å². The summed E-state index contributed by atoms with van der Waals surface area (Å²) in [6, 6.07) is 12.0. The Morgan fingerprint density at radius 1 is 1.07 bits per heavy atom. The van der Waals surface area contributed by atoms with Crippen LogP contribution < -0.4 is 25.7 Å². The Bertz CT molecular complexity index is 1140. The second-order valence-corrected chi connectivity index (χ2v) is 6.68. The van der Waals surface area contributed by atoms with Crippen molar-refractivity contribution < 1.29 is 18.7 Å². The van der Waals surface area contributed by atoms with E-state index in [1.54, 1.807) is 25.1 Å². The molecule has 0 spiro atoms. The Morgan fingerprint density at radius 3 is 2.53 bits per heavy atom. The first-order valence-corrected chi connectivity index (χ1v) is 9.28. The number of aromatic nitrogens is 2. The van der Waals surface area contributed by atoms with E-state index in [0.29, 0.717) is 41.8 Å². The van der Waals surface area contributed by atoms with Crippen molar-refractivity contribution in [2.45, 2.75) is 13.5 Å². The summed E-state index contributed by atoms with van der Waals surface area (Å²) < 4.78 is 25.3. The highest BCUT2D eigenvalue weighted by Crippen LogP contribution is 2.32. The monoisotopic (exact) mass is 410 g/mol. The summed E-state index contributed by atoms with van der Waals surface area (Å²) in [4.78, 5) is 29.4. The first kappa shape index (κ1) is 19.4. The Hall–Kier alpha value is -3.88. The molecule has 2 heterocycles. The number of aryl methyl sites for hydroxylation is 1. The van der Waals surface area contributed by atoms with Crippen LogP contribution in [0.15, 0.2) is 53.3 Å². The molecule has 1 aromatic heterocycles. The molecule has 2 aromatic carbocycles. The normalized spacial score (nSPS) is 12.3. The number of hydrogen-bond donors (Lipinski definition) is 2. The topological polar surface area (TPSA) is 94.5 Å². The van der Waals surface area contributed by atoms with Crippen LogP contribution in [0.2, 0.25) is 0 Å². The average Bonchev–Trinajstić information content (AvgIpc) is 2.72. The van der Waals surface area contributed by atoms with Crippen molar-refractivity contribution in [1.29, 1.82) is 0 Å². The fourth-order valence-corrected chi connectivity index (χ4v) is 3.00. The number of benzene rings is 2. The second kappa shape index (κ2) is 8.24. The number of ether oxygens (including phenoxy) is 2. The Kier molecular flexibility index (Phi) is 5.34. The molecule has 0 radical (unpaired) electrons. The molecule has 154 valence electrons. The van der Waals surface area contributed by atoms with Crippen molar-refractivity contribution in [3.05, 3.63) is 70.4 Å². The maximum absolute atomic E-state index is 13.1. The van der Waals surface area contributed by atoms with Gasteiger partial charge in [-0.05, 0) is 43.3 Å². The van der Waals surface area contributed by atoms with Crippen LogP contribution in [0, 0.1) is 12.7 Å². The number of amides is 1. The van der Waals surface area contributed by atoms with Crippen molar-refractivity contribution in [3.8, 4) is 11.5 Å². The zero-order valence-electron chi connectivity index (χ0n) is 16.1. The third kappa shape index (κ3) is 4.40. The summed E-state index contributed by atoms with van der Waals surface area (Å²) in [5, 5.41) is 5.70. The van der Waals surface area contributed by atoms with Gasteiger partial charge in [0.1, 0.15) is 25.6 Å². The highest BCUT2D eigenvalue weighted by atomic mass is 19.1. The van der Waals surface area contributed by atoms with Crippen molar-refractivity contribution >= 4 is 23.2 Å². The first-order chi connectivity index (χ1) is 14.5. The van der Waals surface area contributed by atoms with E-state index >= 15 is 0 Å². The molecule has 4 rings (SSSR count). The van der Waals surface area contributed by atoms with Gasteiger partial charge >= 0.3 is 0 Å². The van der Waals surface area contributed by atoms with E-state index in [2.05, 4.69) is 15.6 Å². The molecule has 9 heteroatoms. The van der Waals surface area contributed by atoms with Crippen LogP contribution in [0.3, 0.4) is 0 Å². The summed E-state index contributed by atoms with van der Waals surface area (Å²) >= 11 is 0. The predicted octanol–water partition coefficient (Wildman–Crippen LogP) is 2.84. The predicted molar refractivity (Wildman–Crippen MR) is 109 cm³/mol. The number of halogens is 1. The van der Waals surface area contributed by atoms with E-state index in [0.717, 1.165) is 0 Å². The molecule has 2 N–H and O–H groups in total. The lowest BCUT2D eigenvalue weighted by atomic mass is 10.2. The number of carbonyl (C=O) groups is 1. The summed E-state index contributed by atoms with van der Waals surface area (Å²) in [6.45, 7) is 2.33. The smallest absolute Gasteiger partial charge is 0.255 e. The molecule has 0 bridgehead atoms. The van der Waals surface area contributed by atoms with Gasteiger partial charge in [-0.1, -0.05) is 0 Å². The van der Waals surface area contributed by atoms with Gasteiger partial charge in [-0.25, -0.2) is 9.37 Å². The van der Waals surface area contributed by atoms with Gasteiger partial charge in [0.25, 0.3) is 5.56 Å². The average molecular weight is 410 g/mol. The molecule has 0 saturated carbocycles. The SMILES string of the molecule is Cc1cc(=O)n(CC(=O)Nc2ccc3c(c2)OCCO3)c(Nc2ccc(F)cc2)n1. The van der Waals surface area contributed by atoms with Crippen molar-refractivity contribution in [3.63, 3.8) is 0 Å². The molecule has 30 heavy (non-hydrogen) atoms. The summed E-state index contributed by atoms with van der Waals surface area (Å²) in [5.74, 6) is 0.551. The van der Waals surface area contributed by atoms with Crippen molar-refractivity contribution in [2.75, 3.05) is 23.8 Å². The first-order valence-electron chi connectivity index (χ1n) is 9.28. The third-order valence-electron chi connectivity index (χ3n) is 4.36. The van der Waals surface area contributed by atoms with Crippen LogP contribution in [0.1, 0.15) is 5.69 Å². The van der Waals surface area contributed by atoms with E-state index in [4.69, 9.17) is 9.47 Å². The lowest BCUT2D eigenvalue weighted by Crippen LogP contribution is -2.30. The summed E-state index contributed by atoms with van der Waals surface area (Å²) in [6.07, 6.45) is 0. The van der Waals surface area contributed by atoms with Crippen LogP contribution in [-0.2, 0) is 11.3 Å². The molecule has 8 nitrogen and oxygen atoms in total. The standard InChI is InChI=1S/C21H19FN4O4/c1-13-10-20(28)26(21(23-13)25-15-4-2-14(22)3-5-15)12-19(27)24-16-6-7-17-18(11-16)30-9-8-29-17/h2-7,10-11H,8-9,12H2,1H3,(H,23,25)(H,24,27). The van der Waals surface area contributed by atoms with Gasteiger partial charge in [-0.15, -0.1) is 0 Å². The molecule has 1 aliphatic rings. The third-order valence-corrected chi connectivity index (χ3v) is 4.36. The quantitative estimate of drug-likeness (QED) is 0.672. The number of hydrogen-bond acceptors (Lipinski definition) is 6. The lowest BCUT2D eigenvalue weighted by Gasteiger charge is -2.19. The fraction of sp³-hybridized carbons (Fsp3) is 0.190. The van der Waals surface area contributed by atoms with Crippen LogP contribution in [0.5, 0.6) is 11.5 Å². The molecule has 0 fully saturated rings. The minimum Gasteiger partial charge on any atom is -0.486 e. The van der Waals surface area contributed by atoms with Crippen LogP contribution >= 0.6 is 0 Å². The fourth-order valence-electron chi connectivity index (χ4n) is 3.00. The largest absolute Gasteiger partial charge is 0.486 e. The van der Waals surface area contributed by atoms with Gasteiger partial charge < -0.3 is 20.1 Å². The maximum Gasteiger partial charge on any atom is 0.255 e. The molecule has 0 aliphatic carbocycles. The number of nitrogens with zero attached hydrogens (tertiary/aromatic N) is 2. The number of fused-ring (bicyclic) bond motifs is 1. The second-order valence-electron chi connectivity index (χ2n) is 6.68. The Morgan fingerprint density at radius 2 is 1.77 bits per heavy atom. The van der Waals surface area contributed by atoms with Gasteiger partial charge in [-0.2, -0.15) is 0 Å². The van der Waals surface area contributed by atoms with Gasteiger partial charge in [-0.3, -0.25) is 14.2 Å². The molecule has 0 saturated heterocycles. The zero-order chi connectivity index (χ0) is 21.1. The van der Waals surface area contributed by atoms with Gasteiger partial charge in [0.15, 0.2) is 11.5 Å². The molecular formula is C21H19FN4O4. The van der Waals surface area contributed by atoms with E-state index in [1.807, 2.05) is 0 Å². The van der Waals surface area contributed by atoms with E-state index < -0.39 is 5.91 Å². The van der Waals surface area contributed by atoms with Gasteiger partial charge in [0, 0.05) is 29.2 Å². The maximum atomic E-state index is 13.1. The number of carbonyl (C=O) groups excluding carboxylic acids is 1. The van der Waals surface area contributed by atoms with Crippen molar-refractivity contribution in [2.24, 2.45) is 0 Å². The van der Waals surface area contributed by atoms with Gasteiger partial charge in [0.05, 0.1) is 0 Å². The van der Waals surface area contributed by atoms with E-state index in [-0.39, 0.29) is 23.9 Å². The molecule has 0 unspecified atom stereocenters. The number of nitrogens with one attached hydrogen (secondary N) is 2. The highest BCUT2D eigenvalue weighted by molar-refractivity contribution is 5.91. The number of anilines is 3. The van der Waals surface area contributed by atoms with Crippen LogP contribution in [0.25, 0.3) is 0 Å². The molecule has 1 amide bonds. The number of rotatable bonds is 5. The lowest BCUT2D eigenvalue weighted by molar-refractivity contribution is -0.116.